The summed E-state index contributed by atoms with van der Waals surface area (Å²) < 4.78 is 31.0. The molecule has 0 aliphatic carbocycles. The third-order valence-corrected chi connectivity index (χ3v) is 5.46. The number of benzene rings is 1. The Morgan fingerprint density at radius 2 is 1.81 bits per heavy atom. The highest BCUT2D eigenvalue weighted by Crippen LogP contribution is 2.45. The minimum absolute atomic E-state index is 0.0866. The van der Waals surface area contributed by atoms with Crippen molar-refractivity contribution < 1.29 is 13.0 Å². The maximum atomic E-state index is 11.0. The normalized spacial score (nSPS) is 17.0. The van der Waals surface area contributed by atoms with Crippen LogP contribution in [-0.4, -0.2) is 13.0 Å². The molecule has 1 aromatic carbocycles. The quantitative estimate of drug-likeness (QED) is 0.574. The Bertz CT molecular complexity index is 561. The van der Waals surface area contributed by atoms with E-state index in [1.165, 1.54) is 12.1 Å². The summed E-state index contributed by atoms with van der Waals surface area (Å²) in [4.78, 5) is 1.48. The average Bonchev–Trinajstić information content (AvgIpc) is 2.69. The summed E-state index contributed by atoms with van der Waals surface area (Å²) in [5.74, 6) is 0. The zero-order valence-corrected chi connectivity index (χ0v) is 10.7. The predicted molar refractivity (Wildman–Crippen MR) is 69.0 cm³/mol. The van der Waals surface area contributed by atoms with Crippen LogP contribution >= 0.6 is 23.5 Å². The Balaban J connectivity index is 2.53. The molecule has 2 rings (SSSR count). The van der Waals surface area contributed by atoms with Gasteiger partial charge < -0.3 is 0 Å². The molecule has 0 spiro atoms. The fourth-order valence-electron chi connectivity index (χ4n) is 1.37. The smallest absolute Gasteiger partial charge is 0.282 e. The summed E-state index contributed by atoms with van der Waals surface area (Å²) in [7, 11) is -4.78. The van der Waals surface area contributed by atoms with Gasteiger partial charge in [0.1, 0.15) is 0 Å². The standard InChI is InChI=1S/C10H10O3S3/c11-16(12,13)8-3-4-9(14)10(7-8)15-5-1-2-6-15/h1-7,14-15H,(H,11,12,13). The van der Waals surface area contributed by atoms with Crippen molar-refractivity contribution in [1.29, 1.82) is 0 Å². The summed E-state index contributed by atoms with van der Waals surface area (Å²) in [6.45, 7) is 0. The van der Waals surface area contributed by atoms with Crippen LogP contribution in [0.2, 0.25) is 0 Å². The second-order valence-electron chi connectivity index (χ2n) is 3.22. The zero-order chi connectivity index (χ0) is 11.8. The Morgan fingerprint density at radius 3 is 2.38 bits per heavy atom. The Kier molecular flexibility index (Phi) is 3.16. The molecule has 6 heteroatoms. The number of allylic oxidation sites excluding steroid dienone is 2. The largest absolute Gasteiger partial charge is 0.294 e. The van der Waals surface area contributed by atoms with E-state index in [9.17, 15) is 8.42 Å². The fraction of sp³-hybridized carbons (Fsp3) is 0. The van der Waals surface area contributed by atoms with Gasteiger partial charge in [0.2, 0.25) is 0 Å². The van der Waals surface area contributed by atoms with Gasteiger partial charge in [0.25, 0.3) is 10.1 Å². The summed E-state index contributed by atoms with van der Waals surface area (Å²) in [5, 5.41) is 4.00. The number of hydrogen-bond acceptors (Lipinski definition) is 3. The van der Waals surface area contributed by atoms with Gasteiger partial charge in [0.15, 0.2) is 0 Å². The topological polar surface area (TPSA) is 54.4 Å². The molecule has 0 amide bonds. The van der Waals surface area contributed by atoms with E-state index in [-0.39, 0.29) is 4.90 Å². The fourth-order valence-corrected chi connectivity index (χ4v) is 4.06. The van der Waals surface area contributed by atoms with Crippen molar-refractivity contribution in [3.05, 3.63) is 41.2 Å². The molecule has 16 heavy (non-hydrogen) atoms. The van der Waals surface area contributed by atoms with Gasteiger partial charge >= 0.3 is 0 Å². The zero-order valence-electron chi connectivity index (χ0n) is 8.11. The minimum Gasteiger partial charge on any atom is -0.282 e. The first-order valence-electron chi connectivity index (χ1n) is 4.42. The molecule has 3 nitrogen and oxygen atoms in total. The van der Waals surface area contributed by atoms with Crippen molar-refractivity contribution in [3.63, 3.8) is 0 Å². The molecule has 1 aromatic rings. The molecule has 1 aliphatic rings. The van der Waals surface area contributed by atoms with Crippen LogP contribution in [0.15, 0.2) is 55.9 Å². The maximum Gasteiger partial charge on any atom is 0.294 e. The Hall–Kier alpha value is -0.690. The van der Waals surface area contributed by atoms with Crippen LogP contribution in [0.1, 0.15) is 0 Å². The highest BCUT2D eigenvalue weighted by Gasteiger charge is 2.14. The second kappa shape index (κ2) is 4.29. The lowest BCUT2D eigenvalue weighted by molar-refractivity contribution is 0.483. The Labute approximate surface area is 102 Å². The van der Waals surface area contributed by atoms with E-state index in [2.05, 4.69) is 12.6 Å². The van der Waals surface area contributed by atoms with E-state index in [1.54, 1.807) is 6.07 Å². The van der Waals surface area contributed by atoms with Crippen LogP contribution in [0.25, 0.3) is 0 Å². The summed E-state index contributed by atoms with van der Waals surface area (Å²) in [5.41, 5.74) is 0. The van der Waals surface area contributed by atoms with Crippen molar-refractivity contribution in [1.82, 2.24) is 0 Å². The number of hydrogen-bond donors (Lipinski definition) is 3. The van der Waals surface area contributed by atoms with Crippen LogP contribution in [0.4, 0.5) is 0 Å². The van der Waals surface area contributed by atoms with Crippen molar-refractivity contribution in [2.45, 2.75) is 14.7 Å². The molecule has 0 atom stereocenters. The molecule has 0 fully saturated rings. The molecule has 0 radical (unpaired) electrons. The van der Waals surface area contributed by atoms with Gasteiger partial charge in [-0.25, -0.2) is 0 Å². The van der Waals surface area contributed by atoms with E-state index in [1.807, 2.05) is 23.0 Å². The minimum atomic E-state index is -4.14. The first-order valence-corrected chi connectivity index (χ1v) is 7.79. The van der Waals surface area contributed by atoms with E-state index < -0.39 is 21.0 Å². The van der Waals surface area contributed by atoms with Crippen LogP contribution in [0, 0.1) is 0 Å². The predicted octanol–water partition coefficient (Wildman–Crippen LogP) is 2.62. The summed E-state index contributed by atoms with van der Waals surface area (Å²) in [6.07, 6.45) is 3.83. The third kappa shape index (κ3) is 2.35. The van der Waals surface area contributed by atoms with E-state index >= 15 is 0 Å². The lowest BCUT2D eigenvalue weighted by Crippen LogP contribution is -1.98. The van der Waals surface area contributed by atoms with E-state index in [4.69, 9.17) is 4.55 Å². The molecular formula is C10H10O3S3. The van der Waals surface area contributed by atoms with Gasteiger partial charge in [-0.05, 0) is 29.0 Å². The van der Waals surface area contributed by atoms with Gasteiger partial charge in [-0.15, -0.1) is 12.6 Å². The van der Waals surface area contributed by atoms with Crippen LogP contribution < -0.4 is 0 Å². The molecule has 0 saturated carbocycles. The van der Waals surface area contributed by atoms with Gasteiger partial charge in [0.05, 0.1) is 4.90 Å². The SMILES string of the molecule is O=S(=O)(O)c1ccc(S)c([SH]2C=CC=C2)c1. The first kappa shape index (κ1) is 11.8. The summed E-state index contributed by atoms with van der Waals surface area (Å²) in [6, 6.07) is 4.41. The summed E-state index contributed by atoms with van der Waals surface area (Å²) >= 11 is 4.29. The molecule has 86 valence electrons. The van der Waals surface area contributed by atoms with E-state index in [0.29, 0.717) is 0 Å². The van der Waals surface area contributed by atoms with Crippen molar-refractivity contribution >= 4 is 33.6 Å². The van der Waals surface area contributed by atoms with Crippen LogP contribution in [0.5, 0.6) is 0 Å². The molecule has 0 bridgehead atoms. The number of rotatable bonds is 2. The van der Waals surface area contributed by atoms with Crippen LogP contribution in [0.3, 0.4) is 0 Å². The average molecular weight is 274 g/mol. The van der Waals surface area contributed by atoms with Crippen LogP contribution in [-0.2, 0) is 10.1 Å². The molecule has 0 saturated heterocycles. The number of thiol groups is 2. The van der Waals surface area contributed by atoms with Crippen molar-refractivity contribution in [3.8, 4) is 0 Å². The van der Waals surface area contributed by atoms with Crippen molar-refractivity contribution in [2.24, 2.45) is 0 Å². The monoisotopic (exact) mass is 274 g/mol. The van der Waals surface area contributed by atoms with Gasteiger partial charge in [-0.3, -0.25) is 4.55 Å². The molecule has 1 heterocycles. The molecule has 1 N–H and O–H groups in total. The molecule has 1 aliphatic heterocycles. The van der Waals surface area contributed by atoms with Gasteiger partial charge in [0, 0.05) is 9.79 Å². The molecular weight excluding hydrogens is 264 g/mol. The maximum absolute atomic E-state index is 11.0. The van der Waals surface area contributed by atoms with Crippen molar-refractivity contribution in [2.75, 3.05) is 0 Å². The van der Waals surface area contributed by atoms with Gasteiger partial charge in [-0.1, -0.05) is 12.2 Å². The van der Waals surface area contributed by atoms with Gasteiger partial charge in [-0.2, -0.15) is 19.3 Å². The molecule has 0 aromatic heterocycles. The Morgan fingerprint density at radius 1 is 1.19 bits per heavy atom. The lowest BCUT2D eigenvalue weighted by atomic mass is 10.4. The molecule has 0 unspecified atom stereocenters. The second-order valence-corrected chi connectivity index (χ2v) is 7.01. The first-order chi connectivity index (χ1) is 7.48. The highest BCUT2D eigenvalue weighted by molar-refractivity contribution is 8.22. The lowest BCUT2D eigenvalue weighted by Gasteiger charge is -2.13. The van der Waals surface area contributed by atoms with E-state index in [0.717, 1.165) is 9.79 Å². The highest BCUT2D eigenvalue weighted by atomic mass is 32.2. The third-order valence-electron chi connectivity index (χ3n) is 2.13.